The lowest BCUT2D eigenvalue weighted by Crippen LogP contribution is -2.42. The lowest BCUT2D eigenvalue weighted by molar-refractivity contribution is -0.147. The van der Waals surface area contributed by atoms with E-state index in [1.165, 1.54) is 12.1 Å². The highest BCUT2D eigenvalue weighted by Gasteiger charge is 2.39. The van der Waals surface area contributed by atoms with Crippen LogP contribution >= 0.6 is 0 Å². The summed E-state index contributed by atoms with van der Waals surface area (Å²) in [5.74, 6) is 0.458. The summed E-state index contributed by atoms with van der Waals surface area (Å²) in [4.78, 5) is 4.63. The van der Waals surface area contributed by atoms with E-state index in [1.54, 1.807) is 16.9 Å². The van der Waals surface area contributed by atoms with Crippen molar-refractivity contribution in [2.75, 3.05) is 0 Å². The molecule has 0 amide bonds. The Morgan fingerprint density at radius 1 is 1.12 bits per heavy atom. The molecule has 2 fully saturated rings. The Bertz CT molecular complexity index is 1400. The van der Waals surface area contributed by atoms with Crippen molar-refractivity contribution in [3.8, 4) is 17.3 Å². The van der Waals surface area contributed by atoms with Gasteiger partial charge in [-0.3, -0.25) is 0 Å². The summed E-state index contributed by atoms with van der Waals surface area (Å²) in [5.41, 5.74) is 3.54. The van der Waals surface area contributed by atoms with Crippen LogP contribution in [-0.2, 0) is 10.0 Å². The van der Waals surface area contributed by atoms with Gasteiger partial charge in [0.2, 0.25) is 10.0 Å². The largest absolute Gasteiger partial charge is 0.404 e. The zero-order valence-corrected chi connectivity index (χ0v) is 19.2. The molecule has 2 saturated carbocycles. The van der Waals surface area contributed by atoms with Crippen LogP contribution in [0.5, 0.6) is 0 Å². The van der Waals surface area contributed by atoms with E-state index in [0.29, 0.717) is 22.7 Å². The number of pyridine rings is 1. The number of sulfonamides is 1. The van der Waals surface area contributed by atoms with E-state index in [4.69, 9.17) is 4.98 Å². The minimum atomic E-state index is -4.69. The number of benzene rings is 1. The Labute approximate surface area is 195 Å². The average Bonchev–Trinajstić information content (AvgIpc) is 3.55. The first kappa shape index (κ1) is 22.9. The summed E-state index contributed by atoms with van der Waals surface area (Å²) in [6.45, 7) is 0.755. The van der Waals surface area contributed by atoms with Crippen molar-refractivity contribution in [1.82, 2.24) is 14.3 Å². The highest BCUT2D eigenvalue weighted by Crippen LogP contribution is 2.44. The fraction of sp³-hybridized carbons (Fsp3) is 0.417. The number of aromatic nitrogens is 2. The second-order valence-corrected chi connectivity index (χ2v) is 10.8. The molecular weight excluding hydrogens is 465 g/mol. The van der Waals surface area contributed by atoms with Crippen LogP contribution in [0.4, 0.5) is 13.2 Å². The molecule has 0 saturated heterocycles. The Kier molecular flexibility index (Phi) is 5.45. The van der Waals surface area contributed by atoms with Crippen molar-refractivity contribution in [3.05, 3.63) is 47.7 Å². The smallest absolute Gasteiger partial charge is 0.321 e. The van der Waals surface area contributed by atoms with Crippen molar-refractivity contribution in [2.45, 2.75) is 68.1 Å². The number of halogens is 3. The van der Waals surface area contributed by atoms with Gasteiger partial charge in [-0.25, -0.2) is 13.4 Å². The number of fused-ring (bicyclic) bond motifs is 1. The first-order chi connectivity index (χ1) is 16.1. The van der Waals surface area contributed by atoms with E-state index >= 15 is 0 Å². The minimum absolute atomic E-state index is 0.194. The van der Waals surface area contributed by atoms with Crippen LogP contribution in [0.3, 0.4) is 0 Å². The number of alkyl halides is 3. The van der Waals surface area contributed by atoms with E-state index in [9.17, 15) is 26.9 Å². The first-order valence-corrected chi connectivity index (χ1v) is 12.7. The third-order valence-corrected chi connectivity index (χ3v) is 8.24. The number of nitrogens with zero attached hydrogens (tertiary/aromatic N) is 3. The number of hydrogen-bond acceptors (Lipinski definition) is 4. The standard InChI is InChI=1S/C24H23F3N4O2S/c1-14(24(25,26)27)30-34(32,33)18-9-7-16(8-10-18)22-20(13-28)19-11-12-21(15-5-6-15)29-23(19)31(22)17-3-2-4-17/h7-12,14-15,17,30H,2-6H2,1H3/t14-/m1/s1. The molecule has 3 aromatic rings. The van der Waals surface area contributed by atoms with Gasteiger partial charge in [-0.05, 0) is 68.9 Å². The van der Waals surface area contributed by atoms with Crippen LogP contribution in [-0.4, -0.2) is 30.2 Å². The monoisotopic (exact) mass is 488 g/mol. The van der Waals surface area contributed by atoms with Crippen LogP contribution in [0, 0.1) is 11.3 Å². The van der Waals surface area contributed by atoms with E-state index in [0.717, 1.165) is 55.8 Å². The van der Waals surface area contributed by atoms with Gasteiger partial charge in [0.05, 0.1) is 16.2 Å². The van der Waals surface area contributed by atoms with Crippen molar-refractivity contribution in [2.24, 2.45) is 0 Å². The van der Waals surface area contributed by atoms with Crippen LogP contribution in [0.25, 0.3) is 22.3 Å². The number of hydrogen-bond donors (Lipinski definition) is 1. The van der Waals surface area contributed by atoms with Gasteiger partial charge >= 0.3 is 6.18 Å². The molecule has 0 radical (unpaired) electrons. The molecule has 1 aromatic carbocycles. The molecule has 178 valence electrons. The van der Waals surface area contributed by atoms with Gasteiger partial charge in [-0.2, -0.15) is 23.2 Å². The van der Waals surface area contributed by atoms with E-state index < -0.39 is 22.2 Å². The van der Waals surface area contributed by atoms with Crippen LogP contribution in [0.15, 0.2) is 41.3 Å². The minimum Gasteiger partial charge on any atom is -0.321 e. The quantitative estimate of drug-likeness (QED) is 0.503. The summed E-state index contributed by atoms with van der Waals surface area (Å²) in [6.07, 6.45) is 0.527. The lowest BCUT2D eigenvalue weighted by Gasteiger charge is -2.29. The molecule has 10 heteroatoms. The molecule has 2 aliphatic rings. The van der Waals surface area contributed by atoms with Gasteiger partial charge in [-0.15, -0.1) is 0 Å². The summed E-state index contributed by atoms with van der Waals surface area (Å²) >= 11 is 0. The fourth-order valence-electron chi connectivity index (χ4n) is 4.36. The Hall–Kier alpha value is -2.90. The zero-order chi connectivity index (χ0) is 24.3. The highest BCUT2D eigenvalue weighted by atomic mass is 32.2. The maximum absolute atomic E-state index is 12.8. The van der Waals surface area contributed by atoms with Gasteiger partial charge in [-0.1, -0.05) is 12.1 Å². The third kappa shape index (κ3) is 3.97. The summed E-state index contributed by atoms with van der Waals surface area (Å²) in [6, 6.07) is 9.81. The Morgan fingerprint density at radius 3 is 2.32 bits per heavy atom. The second kappa shape index (κ2) is 8.10. The predicted molar refractivity (Wildman–Crippen MR) is 121 cm³/mol. The van der Waals surface area contributed by atoms with E-state index in [-0.39, 0.29) is 10.9 Å². The molecule has 6 nitrogen and oxygen atoms in total. The zero-order valence-electron chi connectivity index (χ0n) is 18.4. The molecule has 0 spiro atoms. The first-order valence-electron chi connectivity index (χ1n) is 11.2. The molecule has 0 aliphatic heterocycles. The van der Waals surface area contributed by atoms with Crippen molar-refractivity contribution >= 4 is 21.1 Å². The molecule has 5 rings (SSSR count). The summed E-state index contributed by atoms with van der Waals surface area (Å²) in [7, 11) is -4.36. The summed E-state index contributed by atoms with van der Waals surface area (Å²) < 4.78 is 67.2. The van der Waals surface area contributed by atoms with E-state index in [2.05, 4.69) is 10.6 Å². The highest BCUT2D eigenvalue weighted by molar-refractivity contribution is 7.89. The SMILES string of the molecule is C[C@@H](NS(=O)(=O)c1ccc(-c2c(C#N)c3ccc(C4CC4)nc3n2C2CCC2)cc1)C(F)(F)F. The maximum Gasteiger partial charge on any atom is 0.404 e. The molecule has 34 heavy (non-hydrogen) atoms. The van der Waals surface area contributed by atoms with Gasteiger partial charge in [0.25, 0.3) is 0 Å². The van der Waals surface area contributed by atoms with Crippen LogP contribution in [0.2, 0.25) is 0 Å². The predicted octanol–water partition coefficient (Wildman–Crippen LogP) is 5.41. The fourth-order valence-corrected chi connectivity index (χ4v) is 5.59. The number of nitrogens with one attached hydrogen (secondary N) is 1. The Morgan fingerprint density at radius 2 is 1.79 bits per heavy atom. The van der Waals surface area contributed by atoms with E-state index in [1.807, 2.05) is 12.1 Å². The van der Waals surface area contributed by atoms with Crippen molar-refractivity contribution < 1.29 is 21.6 Å². The summed E-state index contributed by atoms with van der Waals surface area (Å²) in [5, 5.41) is 10.8. The number of rotatable bonds is 6. The molecule has 2 heterocycles. The average molecular weight is 489 g/mol. The van der Waals surface area contributed by atoms with Gasteiger partial charge < -0.3 is 4.57 Å². The molecule has 1 atom stereocenters. The normalized spacial score (nSPS) is 18.0. The molecule has 2 aliphatic carbocycles. The lowest BCUT2D eigenvalue weighted by atomic mass is 9.92. The van der Waals surface area contributed by atoms with Gasteiger partial charge in [0.1, 0.15) is 17.8 Å². The molecular formula is C24H23F3N4O2S. The topological polar surface area (TPSA) is 87.8 Å². The molecule has 2 aromatic heterocycles. The van der Waals surface area contributed by atoms with Crippen molar-refractivity contribution in [3.63, 3.8) is 0 Å². The Balaban J connectivity index is 1.58. The maximum atomic E-state index is 12.8. The van der Waals surface area contributed by atoms with Gasteiger partial charge in [0.15, 0.2) is 0 Å². The van der Waals surface area contributed by atoms with Crippen molar-refractivity contribution in [1.29, 1.82) is 5.26 Å². The van der Waals surface area contributed by atoms with Crippen LogP contribution in [0.1, 0.15) is 62.2 Å². The molecule has 0 unspecified atom stereocenters. The van der Waals surface area contributed by atoms with Gasteiger partial charge in [0, 0.05) is 23.0 Å². The molecule has 0 bridgehead atoms. The number of nitriles is 1. The molecule has 1 N–H and O–H groups in total. The van der Waals surface area contributed by atoms with Crippen LogP contribution < -0.4 is 4.72 Å². The third-order valence-electron chi connectivity index (χ3n) is 6.68. The second-order valence-electron chi connectivity index (χ2n) is 9.08.